The molecule has 0 unspecified atom stereocenters. The molecule has 0 aliphatic rings. The largest absolute Gasteiger partial charge is 0.478 e. The molecule has 0 fully saturated rings. The van der Waals surface area contributed by atoms with Gasteiger partial charge in [0.25, 0.3) is 0 Å². The summed E-state index contributed by atoms with van der Waals surface area (Å²) in [5.74, 6) is -1.96. The maximum absolute atomic E-state index is 14.0. The van der Waals surface area contributed by atoms with E-state index in [1.54, 1.807) is 6.07 Å². The second-order valence-electron chi connectivity index (χ2n) is 7.77. The van der Waals surface area contributed by atoms with Crippen molar-refractivity contribution in [3.63, 3.8) is 0 Å². The van der Waals surface area contributed by atoms with Gasteiger partial charge in [-0.1, -0.05) is 81.8 Å². The molecule has 0 bridgehead atoms. The van der Waals surface area contributed by atoms with Gasteiger partial charge in [0, 0.05) is 0 Å². The molecule has 0 atom stereocenters. The first-order valence-electron chi connectivity index (χ1n) is 10.6. The van der Waals surface area contributed by atoms with Crippen LogP contribution in [0.1, 0.15) is 67.8 Å². The minimum Gasteiger partial charge on any atom is -0.478 e. The Labute approximate surface area is 172 Å². The lowest BCUT2D eigenvalue weighted by Crippen LogP contribution is -2.00. The number of carboxylic acid groups (broad SMARTS) is 1. The van der Waals surface area contributed by atoms with Gasteiger partial charge in [0.05, 0.1) is 5.56 Å². The molecular formula is C26H29FO2. The van der Waals surface area contributed by atoms with Crippen molar-refractivity contribution in [2.75, 3.05) is 0 Å². The van der Waals surface area contributed by atoms with Gasteiger partial charge in [-0.2, -0.15) is 0 Å². The molecule has 3 aromatic rings. The van der Waals surface area contributed by atoms with Crippen LogP contribution in [0, 0.1) is 5.82 Å². The summed E-state index contributed by atoms with van der Waals surface area (Å²) in [6.45, 7) is 2.25. The molecular weight excluding hydrogens is 363 g/mol. The van der Waals surface area contributed by atoms with Crippen LogP contribution in [-0.2, 0) is 6.42 Å². The quantitative estimate of drug-likeness (QED) is 0.360. The number of benzene rings is 3. The number of aryl methyl sites for hydroxylation is 1. The van der Waals surface area contributed by atoms with Crippen LogP contribution < -0.4 is 0 Å². The minimum absolute atomic E-state index is 0.301. The molecule has 2 nitrogen and oxygen atoms in total. The van der Waals surface area contributed by atoms with E-state index < -0.39 is 11.8 Å². The topological polar surface area (TPSA) is 37.3 Å². The van der Waals surface area contributed by atoms with Gasteiger partial charge in [-0.15, -0.1) is 0 Å². The van der Waals surface area contributed by atoms with Crippen LogP contribution in [0.4, 0.5) is 4.39 Å². The second-order valence-corrected chi connectivity index (χ2v) is 7.77. The van der Waals surface area contributed by atoms with Crippen molar-refractivity contribution in [3.05, 3.63) is 71.5 Å². The molecule has 0 amide bonds. The first-order chi connectivity index (χ1) is 14.1. The fraction of sp³-hybridized carbons (Fsp3) is 0.346. The molecule has 0 aliphatic heterocycles. The third-order valence-corrected chi connectivity index (χ3v) is 5.51. The first kappa shape index (κ1) is 21.0. The zero-order chi connectivity index (χ0) is 20.6. The van der Waals surface area contributed by atoms with Crippen molar-refractivity contribution >= 4 is 16.7 Å². The third kappa shape index (κ3) is 5.66. The minimum atomic E-state index is -1.25. The van der Waals surface area contributed by atoms with Gasteiger partial charge in [-0.05, 0) is 58.5 Å². The average molecular weight is 393 g/mol. The van der Waals surface area contributed by atoms with E-state index in [4.69, 9.17) is 5.11 Å². The molecule has 0 radical (unpaired) electrons. The molecule has 3 heteroatoms. The summed E-state index contributed by atoms with van der Waals surface area (Å²) in [4.78, 5) is 11.0. The van der Waals surface area contributed by atoms with Crippen LogP contribution in [-0.4, -0.2) is 11.1 Å². The number of rotatable bonds is 10. The highest BCUT2D eigenvalue weighted by Crippen LogP contribution is 2.27. The number of halogens is 1. The summed E-state index contributed by atoms with van der Waals surface area (Å²) in [5, 5.41) is 11.3. The second kappa shape index (κ2) is 10.2. The summed E-state index contributed by atoms with van der Waals surface area (Å²) in [7, 11) is 0. The fourth-order valence-corrected chi connectivity index (χ4v) is 3.78. The number of carboxylic acids is 1. The Bertz CT molecular complexity index is 978. The van der Waals surface area contributed by atoms with E-state index in [1.807, 2.05) is 12.1 Å². The Morgan fingerprint density at radius 3 is 2.14 bits per heavy atom. The predicted octanol–water partition coefficient (Wildman–Crippen LogP) is 7.64. The maximum Gasteiger partial charge on any atom is 0.338 e. The van der Waals surface area contributed by atoms with Crippen LogP contribution in [0.3, 0.4) is 0 Å². The molecule has 1 N–H and O–H groups in total. The number of carbonyl (C=O) groups is 1. The van der Waals surface area contributed by atoms with Crippen molar-refractivity contribution in [2.24, 2.45) is 0 Å². The van der Waals surface area contributed by atoms with Gasteiger partial charge in [0.15, 0.2) is 0 Å². The van der Waals surface area contributed by atoms with Crippen LogP contribution in [0.2, 0.25) is 0 Å². The van der Waals surface area contributed by atoms with Gasteiger partial charge in [0.2, 0.25) is 0 Å². The number of aromatic carboxylic acids is 1. The monoisotopic (exact) mass is 392 g/mol. The zero-order valence-electron chi connectivity index (χ0n) is 17.1. The number of unbranched alkanes of at least 4 members (excludes halogenated alkanes) is 6. The Morgan fingerprint density at radius 2 is 1.41 bits per heavy atom. The molecule has 0 aromatic heterocycles. The third-order valence-electron chi connectivity index (χ3n) is 5.51. The highest BCUT2D eigenvalue weighted by Gasteiger charge is 2.11. The molecule has 0 heterocycles. The molecule has 152 valence electrons. The number of fused-ring (bicyclic) bond motifs is 1. The van der Waals surface area contributed by atoms with Gasteiger partial charge in [-0.25, -0.2) is 9.18 Å². The number of hydrogen-bond acceptors (Lipinski definition) is 1. The predicted molar refractivity (Wildman–Crippen MR) is 118 cm³/mol. The summed E-state index contributed by atoms with van der Waals surface area (Å²) in [6.07, 6.45) is 10.3. The molecule has 0 saturated carbocycles. The normalized spacial score (nSPS) is 11.1. The summed E-state index contributed by atoms with van der Waals surface area (Å²) >= 11 is 0. The summed E-state index contributed by atoms with van der Waals surface area (Å²) < 4.78 is 14.0. The van der Waals surface area contributed by atoms with Gasteiger partial charge < -0.3 is 5.11 Å². The van der Waals surface area contributed by atoms with Crippen LogP contribution >= 0.6 is 0 Å². The lowest BCUT2D eigenvalue weighted by molar-refractivity contribution is 0.0692. The smallest absolute Gasteiger partial charge is 0.338 e. The SMILES string of the molecule is CCCCCCCCCc1ccc2cc(-c3ccc(C(=O)O)c(F)c3)ccc2c1. The summed E-state index contributed by atoms with van der Waals surface area (Å²) in [6, 6.07) is 16.9. The highest BCUT2D eigenvalue weighted by molar-refractivity contribution is 5.90. The van der Waals surface area contributed by atoms with Crippen molar-refractivity contribution < 1.29 is 14.3 Å². The Hall–Kier alpha value is -2.68. The maximum atomic E-state index is 14.0. The highest BCUT2D eigenvalue weighted by atomic mass is 19.1. The standard InChI is InChI=1S/C26H29FO2/c1-2-3-4-5-6-7-8-9-19-10-11-21-17-22(13-12-20(21)16-19)23-14-15-24(26(28)29)25(27)18-23/h10-18H,2-9H2,1H3,(H,28,29). The van der Waals surface area contributed by atoms with E-state index in [1.165, 1.54) is 68.0 Å². The summed E-state index contributed by atoms with van der Waals surface area (Å²) in [5.41, 5.74) is 2.62. The Kier molecular flexibility index (Phi) is 7.40. The lowest BCUT2D eigenvalue weighted by atomic mass is 9.97. The van der Waals surface area contributed by atoms with E-state index in [-0.39, 0.29) is 5.56 Å². The molecule has 3 rings (SSSR count). The molecule has 0 aliphatic carbocycles. The average Bonchev–Trinajstić information content (AvgIpc) is 2.72. The van der Waals surface area contributed by atoms with E-state index >= 15 is 0 Å². The van der Waals surface area contributed by atoms with E-state index in [2.05, 4.69) is 31.2 Å². The van der Waals surface area contributed by atoms with Crippen LogP contribution in [0.5, 0.6) is 0 Å². The zero-order valence-corrected chi connectivity index (χ0v) is 17.1. The molecule has 29 heavy (non-hydrogen) atoms. The van der Waals surface area contributed by atoms with E-state index in [9.17, 15) is 9.18 Å². The molecule has 0 spiro atoms. The van der Waals surface area contributed by atoms with E-state index in [0.717, 1.165) is 17.4 Å². The lowest BCUT2D eigenvalue weighted by Gasteiger charge is -2.08. The number of hydrogen-bond donors (Lipinski definition) is 1. The first-order valence-corrected chi connectivity index (χ1v) is 10.6. The molecule has 0 saturated heterocycles. The Morgan fingerprint density at radius 1 is 0.793 bits per heavy atom. The van der Waals surface area contributed by atoms with Gasteiger partial charge in [-0.3, -0.25) is 0 Å². The fourth-order valence-electron chi connectivity index (χ4n) is 3.78. The van der Waals surface area contributed by atoms with Gasteiger partial charge in [0.1, 0.15) is 5.82 Å². The molecule has 3 aromatic carbocycles. The Balaban J connectivity index is 1.65. The van der Waals surface area contributed by atoms with Crippen molar-refractivity contribution in [1.29, 1.82) is 0 Å². The van der Waals surface area contributed by atoms with Crippen LogP contribution in [0.25, 0.3) is 21.9 Å². The van der Waals surface area contributed by atoms with Crippen molar-refractivity contribution in [2.45, 2.75) is 58.3 Å². The van der Waals surface area contributed by atoms with Gasteiger partial charge >= 0.3 is 5.97 Å². The van der Waals surface area contributed by atoms with Crippen molar-refractivity contribution in [3.8, 4) is 11.1 Å². The van der Waals surface area contributed by atoms with Crippen LogP contribution in [0.15, 0.2) is 54.6 Å². The van der Waals surface area contributed by atoms with E-state index in [0.29, 0.717) is 5.56 Å². The van der Waals surface area contributed by atoms with Crippen molar-refractivity contribution in [1.82, 2.24) is 0 Å².